The molecule has 0 saturated heterocycles. The number of anilines is 3. The molecular formula is C11H8BrF2N3. The predicted octanol–water partition coefficient (Wildman–Crippen LogP) is 3.45. The van der Waals surface area contributed by atoms with Crippen LogP contribution in [0, 0.1) is 11.6 Å². The van der Waals surface area contributed by atoms with Crippen molar-refractivity contribution >= 4 is 33.1 Å². The van der Waals surface area contributed by atoms with E-state index in [1.54, 1.807) is 12.1 Å². The van der Waals surface area contributed by atoms with Gasteiger partial charge in [0.1, 0.15) is 5.82 Å². The SMILES string of the molecule is Nc1cccnc1Nc1c(F)cc(F)cc1Br. The summed E-state index contributed by atoms with van der Waals surface area (Å²) in [5.41, 5.74) is 6.13. The molecule has 1 heterocycles. The van der Waals surface area contributed by atoms with Gasteiger partial charge in [-0.1, -0.05) is 0 Å². The molecule has 88 valence electrons. The van der Waals surface area contributed by atoms with Crippen molar-refractivity contribution in [2.45, 2.75) is 0 Å². The lowest BCUT2D eigenvalue weighted by Gasteiger charge is -2.10. The Balaban J connectivity index is 2.40. The minimum atomic E-state index is -0.720. The zero-order valence-corrected chi connectivity index (χ0v) is 10.1. The van der Waals surface area contributed by atoms with Crippen molar-refractivity contribution in [3.05, 3.63) is 46.6 Å². The number of hydrogen-bond acceptors (Lipinski definition) is 3. The standard InChI is InChI=1S/C11H8BrF2N3/c12-7-4-6(13)5-8(14)10(7)17-11-9(15)2-1-3-16-11/h1-5H,15H2,(H,16,17). The Hall–Kier alpha value is -1.69. The summed E-state index contributed by atoms with van der Waals surface area (Å²) in [6, 6.07) is 5.23. The summed E-state index contributed by atoms with van der Waals surface area (Å²) in [4.78, 5) is 3.96. The van der Waals surface area contributed by atoms with Crippen molar-refractivity contribution in [2.24, 2.45) is 0 Å². The monoisotopic (exact) mass is 299 g/mol. The second-order valence-electron chi connectivity index (χ2n) is 3.31. The zero-order chi connectivity index (χ0) is 12.4. The molecule has 6 heteroatoms. The highest BCUT2D eigenvalue weighted by atomic mass is 79.9. The van der Waals surface area contributed by atoms with Gasteiger partial charge in [0, 0.05) is 16.7 Å². The van der Waals surface area contributed by atoms with Crippen LogP contribution in [0.3, 0.4) is 0 Å². The molecule has 0 aliphatic heterocycles. The number of rotatable bonds is 2. The van der Waals surface area contributed by atoms with Gasteiger partial charge in [-0.3, -0.25) is 0 Å². The highest BCUT2D eigenvalue weighted by Crippen LogP contribution is 2.30. The number of halogens is 3. The van der Waals surface area contributed by atoms with Gasteiger partial charge >= 0.3 is 0 Å². The summed E-state index contributed by atoms with van der Waals surface area (Å²) in [5, 5.41) is 2.71. The Bertz CT molecular complexity index is 537. The summed E-state index contributed by atoms with van der Waals surface area (Å²) < 4.78 is 26.7. The molecule has 0 unspecified atom stereocenters. The third-order valence-corrected chi connectivity index (χ3v) is 2.71. The van der Waals surface area contributed by atoms with Crippen molar-refractivity contribution < 1.29 is 8.78 Å². The highest BCUT2D eigenvalue weighted by Gasteiger charge is 2.11. The van der Waals surface area contributed by atoms with Gasteiger partial charge in [-0.05, 0) is 34.1 Å². The van der Waals surface area contributed by atoms with E-state index < -0.39 is 11.6 Å². The molecule has 2 rings (SSSR count). The molecule has 3 nitrogen and oxygen atoms in total. The van der Waals surface area contributed by atoms with Crippen LogP contribution in [0.1, 0.15) is 0 Å². The fraction of sp³-hybridized carbons (Fsp3) is 0. The van der Waals surface area contributed by atoms with E-state index in [9.17, 15) is 8.78 Å². The lowest BCUT2D eigenvalue weighted by molar-refractivity contribution is 0.584. The van der Waals surface area contributed by atoms with Crippen LogP contribution in [0.4, 0.5) is 26.0 Å². The molecule has 0 saturated carbocycles. The summed E-state index contributed by atoms with van der Waals surface area (Å²) in [6.07, 6.45) is 1.52. The third-order valence-electron chi connectivity index (χ3n) is 2.09. The maximum absolute atomic E-state index is 13.5. The van der Waals surface area contributed by atoms with Gasteiger partial charge in [-0.15, -0.1) is 0 Å². The molecule has 0 radical (unpaired) electrons. The molecule has 0 bridgehead atoms. The normalized spacial score (nSPS) is 10.3. The fourth-order valence-corrected chi connectivity index (χ4v) is 1.81. The second kappa shape index (κ2) is 4.67. The number of pyridine rings is 1. The molecule has 3 N–H and O–H groups in total. The maximum atomic E-state index is 13.5. The number of nitrogens with one attached hydrogen (secondary N) is 1. The van der Waals surface area contributed by atoms with E-state index in [1.165, 1.54) is 6.20 Å². The fourth-order valence-electron chi connectivity index (χ4n) is 1.30. The minimum absolute atomic E-state index is 0.0943. The predicted molar refractivity (Wildman–Crippen MR) is 66.0 cm³/mol. The highest BCUT2D eigenvalue weighted by molar-refractivity contribution is 9.10. The van der Waals surface area contributed by atoms with E-state index in [1.807, 2.05) is 0 Å². The Kier molecular flexibility index (Phi) is 3.23. The van der Waals surface area contributed by atoms with Crippen LogP contribution < -0.4 is 11.1 Å². The van der Waals surface area contributed by atoms with E-state index in [-0.39, 0.29) is 10.2 Å². The molecule has 1 aromatic heterocycles. The molecule has 0 atom stereocenters. The number of nitrogens with zero attached hydrogens (tertiary/aromatic N) is 1. The largest absolute Gasteiger partial charge is 0.396 e. The molecule has 0 aliphatic rings. The van der Waals surface area contributed by atoms with E-state index >= 15 is 0 Å². The van der Waals surface area contributed by atoms with E-state index in [0.29, 0.717) is 11.5 Å². The first kappa shape index (κ1) is 11.8. The lowest BCUT2D eigenvalue weighted by Crippen LogP contribution is -2.01. The van der Waals surface area contributed by atoms with Gasteiger partial charge in [0.05, 0.1) is 11.4 Å². The van der Waals surface area contributed by atoms with Gasteiger partial charge in [-0.25, -0.2) is 13.8 Å². The van der Waals surface area contributed by atoms with Crippen LogP contribution in [-0.2, 0) is 0 Å². The maximum Gasteiger partial charge on any atom is 0.153 e. The van der Waals surface area contributed by atoms with Crippen LogP contribution in [0.15, 0.2) is 34.9 Å². The number of aromatic nitrogens is 1. The van der Waals surface area contributed by atoms with Crippen molar-refractivity contribution in [2.75, 3.05) is 11.1 Å². The Morgan fingerprint density at radius 2 is 2.06 bits per heavy atom. The summed E-state index contributed by atoms with van der Waals surface area (Å²) in [5.74, 6) is -1.06. The molecule has 0 fully saturated rings. The smallest absolute Gasteiger partial charge is 0.153 e. The average Bonchev–Trinajstić information content (AvgIpc) is 2.25. The van der Waals surface area contributed by atoms with Gasteiger partial charge in [0.25, 0.3) is 0 Å². The molecular weight excluding hydrogens is 292 g/mol. The van der Waals surface area contributed by atoms with Gasteiger partial charge in [0.15, 0.2) is 11.6 Å². The van der Waals surface area contributed by atoms with Crippen LogP contribution in [0.25, 0.3) is 0 Å². The van der Waals surface area contributed by atoms with Crippen LogP contribution in [-0.4, -0.2) is 4.98 Å². The van der Waals surface area contributed by atoms with Crippen LogP contribution in [0.5, 0.6) is 0 Å². The van der Waals surface area contributed by atoms with E-state index in [0.717, 1.165) is 12.1 Å². The number of nitrogen functional groups attached to an aromatic ring is 1. The molecule has 0 amide bonds. The first-order valence-electron chi connectivity index (χ1n) is 4.70. The average molecular weight is 300 g/mol. The molecule has 0 spiro atoms. The number of hydrogen-bond donors (Lipinski definition) is 2. The van der Waals surface area contributed by atoms with Gasteiger partial charge < -0.3 is 11.1 Å². The minimum Gasteiger partial charge on any atom is -0.396 e. The first-order chi connectivity index (χ1) is 8.08. The Labute approximate surface area is 105 Å². The van der Waals surface area contributed by atoms with Crippen molar-refractivity contribution in [3.8, 4) is 0 Å². The Morgan fingerprint density at radius 3 is 2.71 bits per heavy atom. The number of nitrogens with two attached hydrogens (primary N) is 1. The quantitative estimate of drug-likeness (QED) is 0.893. The topological polar surface area (TPSA) is 50.9 Å². The van der Waals surface area contributed by atoms with Gasteiger partial charge in [0.2, 0.25) is 0 Å². The summed E-state index contributed by atoms with van der Waals surface area (Å²) in [7, 11) is 0. The molecule has 2 aromatic rings. The summed E-state index contributed by atoms with van der Waals surface area (Å²) >= 11 is 3.07. The van der Waals surface area contributed by atoms with Gasteiger partial charge in [-0.2, -0.15) is 0 Å². The van der Waals surface area contributed by atoms with Crippen LogP contribution >= 0.6 is 15.9 Å². The van der Waals surface area contributed by atoms with Crippen molar-refractivity contribution in [1.82, 2.24) is 4.98 Å². The zero-order valence-electron chi connectivity index (χ0n) is 8.55. The Morgan fingerprint density at radius 1 is 1.29 bits per heavy atom. The van der Waals surface area contributed by atoms with E-state index in [4.69, 9.17) is 5.73 Å². The van der Waals surface area contributed by atoms with E-state index in [2.05, 4.69) is 26.2 Å². The second-order valence-corrected chi connectivity index (χ2v) is 4.17. The molecule has 17 heavy (non-hydrogen) atoms. The molecule has 1 aromatic carbocycles. The third kappa shape index (κ3) is 2.52. The molecule has 0 aliphatic carbocycles. The number of benzene rings is 1. The van der Waals surface area contributed by atoms with Crippen molar-refractivity contribution in [1.29, 1.82) is 0 Å². The van der Waals surface area contributed by atoms with Crippen LogP contribution in [0.2, 0.25) is 0 Å². The lowest BCUT2D eigenvalue weighted by atomic mass is 10.3. The summed E-state index contributed by atoms with van der Waals surface area (Å²) in [6.45, 7) is 0. The van der Waals surface area contributed by atoms with Crippen molar-refractivity contribution in [3.63, 3.8) is 0 Å². The first-order valence-corrected chi connectivity index (χ1v) is 5.49.